The average molecular weight is 282 g/mol. The molecule has 1 aromatic carbocycles. The number of rotatable bonds is 2. The fourth-order valence-corrected chi connectivity index (χ4v) is 1.80. The molecule has 0 amide bonds. The van der Waals surface area contributed by atoms with Gasteiger partial charge in [-0.05, 0) is 18.2 Å². The highest BCUT2D eigenvalue weighted by Gasteiger charge is 2.33. The molecule has 0 bridgehead atoms. The Bertz CT molecular complexity index is 759. The van der Waals surface area contributed by atoms with Gasteiger partial charge in [-0.15, -0.1) is 0 Å². The summed E-state index contributed by atoms with van der Waals surface area (Å²) in [6, 6.07) is 5.86. The van der Waals surface area contributed by atoms with Gasteiger partial charge in [-0.3, -0.25) is 4.68 Å². The van der Waals surface area contributed by atoms with Crippen molar-refractivity contribution in [3.63, 3.8) is 0 Å². The third kappa shape index (κ3) is 2.31. The van der Waals surface area contributed by atoms with E-state index in [1.54, 1.807) is 18.2 Å². The fraction of sp³-hybridized carbons (Fsp3) is 0.167. The molecule has 0 atom stereocenters. The number of fused-ring (bicyclic) bond motifs is 1. The summed E-state index contributed by atoms with van der Waals surface area (Å²) < 4.78 is 43.8. The Kier molecular flexibility index (Phi) is 2.66. The molecule has 8 heteroatoms. The average Bonchev–Trinajstić information content (AvgIpc) is 2.94. The Labute approximate surface area is 110 Å². The topological polar surface area (TPSA) is 69.9 Å². The molecule has 0 saturated carbocycles. The van der Waals surface area contributed by atoms with E-state index >= 15 is 0 Å². The van der Waals surface area contributed by atoms with Gasteiger partial charge in [0.1, 0.15) is 12.1 Å². The number of nitrogens with two attached hydrogens (primary N) is 1. The lowest BCUT2D eigenvalue weighted by Gasteiger charge is -2.00. The number of aromatic nitrogens is 3. The second-order valence-corrected chi connectivity index (χ2v) is 4.23. The quantitative estimate of drug-likeness (QED) is 0.734. The number of oxazole rings is 1. The second-order valence-electron chi connectivity index (χ2n) is 4.23. The molecule has 5 nitrogen and oxygen atoms in total. The highest BCUT2D eigenvalue weighted by molar-refractivity contribution is 5.76. The Morgan fingerprint density at radius 1 is 1.25 bits per heavy atom. The lowest BCUT2D eigenvalue weighted by Crippen LogP contribution is -2.08. The van der Waals surface area contributed by atoms with Gasteiger partial charge in [-0.25, -0.2) is 4.98 Å². The maximum atomic E-state index is 12.4. The Morgan fingerprint density at radius 3 is 2.75 bits per heavy atom. The summed E-state index contributed by atoms with van der Waals surface area (Å²) in [5.41, 5.74) is 6.27. The molecule has 104 valence electrons. The van der Waals surface area contributed by atoms with Crippen molar-refractivity contribution in [2.45, 2.75) is 12.7 Å². The maximum Gasteiger partial charge on any atom is 0.435 e. The smallest absolute Gasteiger partial charge is 0.435 e. The normalized spacial score (nSPS) is 12.2. The minimum atomic E-state index is -4.46. The summed E-state index contributed by atoms with van der Waals surface area (Å²) in [6.07, 6.45) is -3.23. The lowest BCUT2D eigenvalue weighted by molar-refractivity contribution is -0.141. The monoisotopic (exact) mass is 282 g/mol. The molecule has 0 aliphatic rings. The number of nitrogen functional groups attached to an aromatic ring is 1. The number of hydrogen-bond acceptors (Lipinski definition) is 4. The van der Waals surface area contributed by atoms with Crippen LogP contribution in [0.3, 0.4) is 0 Å². The summed E-state index contributed by atoms with van der Waals surface area (Å²) in [4.78, 5) is 4.16. The zero-order chi connectivity index (χ0) is 14.3. The standard InChI is InChI=1S/C12H9F3N4O/c13-12(14,15)10-3-4-19(18-10)6-11-17-8-2-1-7(16)5-9(8)20-11/h1-5H,6,16H2. The van der Waals surface area contributed by atoms with Crippen LogP contribution in [0.4, 0.5) is 18.9 Å². The molecule has 2 N–H and O–H groups in total. The van der Waals surface area contributed by atoms with E-state index in [9.17, 15) is 13.2 Å². The van der Waals surface area contributed by atoms with Crippen molar-refractivity contribution >= 4 is 16.8 Å². The molecule has 3 aromatic rings. The molecular formula is C12H9F3N4O. The van der Waals surface area contributed by atoms with Gasteiger partial charge in [0.2, 0.25) is 5.89 Å². The van der Waals surface area contributed by atoms with Crippen LogP contribution in [0.1, 0.15) is 11.6 Å². The Balaban J connectivity index is 1.87. The van der Waals surface area contributed by atoms with Gasteiger partial charge in [0.15, 0.2) is 11.3 Å². The van der Waals surface area contributed by atoms with E-state index in [2.05, 4.69) is 10.1 Å². The number of anilines is 1. The maximum absolute atomic E-state index is 12.4. The highest BCUT2D eigenvalue weighted by atomic mass is 19.4. The lowest BCUT2D eigenvalue weighted by atomic mass is 10.3. The number of halogens is 3. The van der Waals surface area contributed by atoms with E-state index in [0.717, 1.165) is 10.7 Å². The van der Waals surface area contributed by atoms with Crippen LogP contribution in [0.15, 0.2) is 34.9 Å². The summed E-state index contributed by atoms with van der Waals surface area (Å²) in [7, 11) is 0. The Morgan fingerprint density at radius 2 is 2.05 bits per heavy atom. The molecule has 20 heavy (non-hydrogen) atoms. The summed E-state index contributed by atoms with van der Waals surface area (Å²) in [5.74, 6) is 0.266. The van der Waals surface area contributed by atoms with Crippen LogP contribution in [0.2, 0.25) is 0 Å². The molecule has 0 radical (unpaired) electrons. The van der Waals surface area contributed by atoms with Gasteiger partial charge in [-0.2, -0.15) is 18.3 Å². The number of alkyl halides is 3. The van der Waals surface area contributed by atoms with Crippen LogP contribution in [0.5, 0.6) is 0 Å². The number of hydrogen-bond donors (Lipinski definition) is 1. The van der Waals surface area contributed by atoms with Crippen molar-refractivity contribution in [2.24, 2.45) is 0 Å². The highest BCUT2D eigenvalue weighted by Crippen LogP contribution is 2.27. The minimum Gasteiger partial charge on any atom is -0.439 e. The van der Waals surface area contributed by atoms with Crippen LogP contribution in [-0.4, -0.2) is 14.8 Å². The van der Waals surface area contributed by atoms with Crippen LogP contribution < -0.4 is 5.73 Å². The molecule has 0 fully saturated rings. The van der Waals surface area contributed by atoms with E-state index in [1.807, 2.05) is 0 Å². The molecule has 0 aliphatic heterocycles. The van der Waals surface area contributed by atoms with E-state index in [4.69, 9.17) is 10.2 Å². The summed E-state index contributed by atoms with van der Waals surface area (Å²) in [5, 5.41) is 3.43. The van der Waals surface area contributed by atoms with Crippen LogP contribution >= 0.6 is 0 Å². The zero-order valence-corrected chi connectivity index (χ0v) is 10.1. The molecule has 0 unspecified atom stereocenters. The largest absolute Gasteiger partial charge is 0.439 e. The zero-order valence-electron chi connectivity index (χ0n) is 10.1. The van der Waals surface area contributed by atoms with Crippen molar-refractivity contribution in [1.29, 1.82) is 0 Å². The Hall–Kier alpha value is -2.51. The fourth-order valence-electron chi connectivity index (χ4n) is 1.80. The first kappa shape index (κ1) is 12.5. The predicted molar refractivity (Wildman–Crippen MR) is 64.8 cm³/mol. The minimum absolute atomic E-state index is 0.0185. The molecule has 0 aliphatic carbocycles. The second kappa shape index (κ2) is 4.26. The number of benzene rings is 1. The van der Waals surface area contributed by atoms with Crippen molar-refractivity contribution in [1.82, 2.24) is 14.8 Å². The van der Waals surface area contributed by atoms with Gasteiger partial charge >= 0.3 is 6.18 Å². The first-order valence-electron chi connectivity index (χ1n) is 5.67. The predicted octanol–water partition coefficient (Wildman–Crippen LogP) is 2.67. The summed E-state index contributed by atoms with van der Waals surface area (Å²) >= 11 is 0. The van der Waals surface area contributed by atoms with Gasteiger partial charge < -0.3 is 10.2 Å². The third-order valence-electron chi connectivity index (χ3n) is 2.69. The van der Waals surface area contributed by atoms with Gasteiger partial charge in [0.25, 0.3) is 0 Å². The number of nitrogens with zero attached hydrogens (tertiary/aromatic N) is 3. The van der Waals surface area contributed by atoms with E-state index in [-0.39, 0.29) is 12.4 Å². The van der Waals surface area contributed by atoms with Gasteiger partial charge in [-0.1, -0.05) is 0 Å². The van der Waals surface area contributed by atoms with Crippen molar-refractivity contribution in [3.8, 4) is 0 Å². The summed E-state index contributed by atoms with van der Waals surface area (Å²) in [6.45, 7) is 0.0185. The molecule has 2 aromatic heterocycles. The van der Waals surface area contributed by atoms with Crippen molar-refractivity contribution < 1.29 is 17.6 Å². The van der Waals surface area contributed by atoms with E-state index in [1.165, 1.54) is 6.20 Å². The van der Waals surface area contributed by atoms with Crippen molar-refractivity contribution in [2.75, 3.05) is 5.73 Å². The molecule has 0 spiro atoms. The van der Waals surface area contributed by atoms with Gasteiger partial charge in [0.05, 0.1) is 0 Å². The van der Waals surface area contributed by atoms with E-state index < -0.39 is 11.9 Å². The van der Waals surface area contributed by atoms with E-state index in [0.29, 0.717) is 16.8 Å². The van der Waals surface area contributed by atoms with Gasteiger partial charge in [0, 0.05) is 18.0 Å². The first-order valence-corrected chi connectivity index (χ1v) is 5.67. The third-order valence-corrected chi connectivity index (χ3v) is 2.69. The molecule has 0 saturated heterocycles. The molecule has 2 heterocycles. The molecule has 3 rings (SSSR count). The molecular weight excluding hydrogens is 273 g/mol. The first-order chi connectivity index (χ1) is 9.41. The van der Waals surface area contributed by atoms with Crippen LogP contribution in [0.25, 0.3) is 11.1 Å². The SMILES string of the molecule is Nc1ccc2nc(Cn3ccc(C(F)(F)F)n3)oc2c1. The van der Waals surface area contributed by atoms with Crippen molar-refractivity contribution in [3.05, 3.63) is 42.0 Å². The van der Waals surface area contributed by atoms with Crippen LogP contribution in [0, 0.1) is 0 Å². The van der Waals surface area contributed by atoms with Crippen LogP contribution in [-0.2, 0) is 12.7 Å².